The number of methoxy groups -OCH3 is 1. The largest absolute Gasteiger partial charge is 0.463 e. The summed E-state index contributed by atoms with van der Waals surface area (Å²) in [4.78, 5) is 33.3. The second kappa shape index (κ2) is 8.70. The Hall–Kier alpha value is -1.67. The van der Waals surface area contributed by atoms with Gasteiger partial charge < -0.3 is 24.1 Å². The van der Waals surface area contributed by atoms with Crippen LogP contribution >= 0.6 is 0 Å². The second-order valence-corrected chi connectivity index (χ2v) is 5.10. The molecule has 0 saturated heterocycles. The zero-order chi connectivity index (χ0) is 17.5. The molecule has 0 rings (SSSR count). The SMILES string of the molecule is COC(COC(C)=O)C(C)(O)C(OC(C)=O)C(C)OC(C)=O. The van der Waals surface area contributed by atoms with Gasteiger partial charge in [-0.3, -0.25) is 14.4 Å². The monoisotopic (exact) mass is 320 g/mol. The molecule has 4 unspecified atom stereocenters. The topological polar surface area (TPSA) is 108 Å². The lowest BCUT2D eigenvalue weighted by atomic mass is 9.89. The Morgan fingerprint density at radius 1 is 1.05 bits per heavy atom. The maximum Gasteiger partial charge on any atom is 0.303 e. The van der Waals surface area contributed by atoms with Gasteiger partial charge in [-0.05, 0) is 13.8 Å². The summed E-state index contributed by atoms with van der Waals surface area (Å²) in [5, 5.41) is 10.7. The third-order valence-corrected chi connectivity index (χ3v) is 3.02. The van der Waals surface area contributed by atoms with Crippen LogP contribution in [0, 0.1) is 0 Å². The summed E-state index contributed by atoms with van der Waals surface area (Å²) in [6.07, 6.45) is -3.11. The summed E-state index contributed by atoms with van der Waals surface area (Å²) < 4.78 is 20.0. The Balaban J connectivity index is 5.30. The van der Waals surface area contributed by atoms with E-state index in [1.807, 2.05) is 0 Å². The lowest BCUT2D eigenvalue weighted by Gasteiger charge is -2.39. The lowest BCUT2D eigenvalue weighted by Crippen LogP contribution is -2.58. The average Bonchev–Trinajstić information content (AvgIpc) is 2.34. The molecular weight excluding hydrogens is 296 g/mol. The number of ether oxygens (including phenoxy) is 4. The van der Waals surface area contributed by atoms with Gasteiger partial charge in [-0.2, -0.15) is 0 Å². The smallest absolute Gasteiger partial charge is 0.303 e. The van der Waals surface area contributed by atoms with Gasteiger partial charge in [0.05, 0.1) is 0 Å². The maximum absolute atomic E-state index is 11.3. The number of hydrogen-bond donors (Lipinski definition) is 1. The molecule has 0 aromatic carbocycles. The van der Waals surface area contributed by atoms with Crippen LogP contribution in [-0.2, 0) is 33.3 Å². The highest BCUT2D eigenvalue weighted by atomic mass is 16.6. The Labute approximate surface area is 129 Å². The molecule has 8 nitrogen and oxygen atoms in total. The van der Waals surface area contributed by atoms with Gasteiger partial charge in [0, 0.05) is 27.9 Å². The van der Waals surface area contributed by atoms with Crippen LogP contribution in [0.1, 0.15) is 34.6 Å². The van der Waals surface area contributed by atoms with E-state index in [0.29, 0.717) is 0 Å². The fourth-order valence-electron chi connectivity index (χ4n) is 2.04. The van der Waals surface area contributed by atoms with Crippen LogP contribution in [0.4, 0.5) is 0 Å². The van der Waals surface area contributed by atoms with E-state index in [9.17, 15) is 19.5 Å². The van der Waals surface area contributed by atoms with Crippen LogP contribution in [0.15, 0.2) is 0 Å². The molecule has 8 heteroatoms. The van der Waals surface area contributed by atoms with E-state index in [2.05, 4.69) is 0 Å². The van der Waals surface area contributed by atoms with Crippen molar-refractivity contribution in [3.05, 3.63) is 0 Å². The predicted octanol–water partition coefficient (Wildman–Crippen LogP) is 0.199. The van der Waals surface area contributed by atoms with Crippen molar-refractivity contribution in [2.24, 2.45) is 0 Å². The quantitative estimate of drug-likeness (QED) is 0.499. The molecule has 128 valence electrons. The van der Waals surface area contributed by atoms with Gasteiger partial charge in [-0.1, -0.05) is 0 Å². The fraction of sp³-hybridized carbons (Fsp3) is 0.786. The van der Waals surface area contributed by atoms with Crippen molar-refractivity contribution in [1.82, 2.24) is 0 Å². The number of aliphatic hydroxyl groups is 1. The number of hydrogen-bond acceptors (Lipinski definition) is 8. The Kier molecular flexibility index (Phi) is 8.04. The van der Waals surface area contributed by atoms with Gasteiger partial charge in [0.1, 0.15) is 24.4 Å². The number of rotatable bonds is 8. The van der Waals surface area contributed by atoms with E-state index in [1.54, 1.807) is 0 Å². The van der Waals surface area contributed by atoms with E-state index in [1.165, 1.54) is 34.8 Å². The summed E-state index contributed by atoms with van der Waals surface area (Å²) in [6.45, 7) is 6.15. The molecule has 0 heterocycles. The highest BCUT2D eigenvalue weighted by Gasteiger charge is 2.47. The summed E-state index contributed by atoms with van der Waals surface area (Å²) in [7, 11) is 1.31. The standard InChI is InChI=1S/C14H24O8/c1-8(21-10(3)16)13(22-11(4)17)14(5,18)12(19-6)7-20-9(2)15/h8,12-13,18H,7H2,1-6H3. The first-order valence-electron chi connectivity index (χ1n) is 6.75. The maximum atomic E-state index is 11.3. The first-order valence-corrected chi connectivity index (χ1v) is 6.75. The van der Waals surface area contributed by atoms with E-state index >= 15 is 0 Å². The third-order valence-electron chi connectivity index (χ3n) is 3.02. The van der Waals surface area contributed by atoms with Crippen LogP contribution in [0.5, 0.6) is 0 Å². The molecule has 0 aromatic heterocycles. The first-order chi connectivity index (χ1) is 10.0. The van der Waals surface area contributed by atoms with Gasteiger partial charge in [0.25, 0.3) is 0 Å². The van der Waals surface area contributed by atoms with E-state index in [-0.39, 0.29) is 6.61 Å². The minimum absolute atomic E-state index is 0.247. The van der Waals surface area contributed by atoms with Gasteiger partial charge >= 0.3 is 17.9 Å². The van der Waals surface area contributed by atoms with Crippen molar-refractivity contribution in [1.29, 1.82) is 0 Å². The minimum atomic E-state index is -1.76. The first kappa shape index (κ1) is 20.3. The van der Waals surface area contributed by atoms with Crippen LogP contribution in [-0.4, -0.2) is 60.6 Å². The minimum Gasteiger partial charge on any atom is -0.463 e. The molecule has 22 heavy (non-hydrogen) atoms. The molecule has 0 aliphatic heterocycles. The number of esters is 3. The summed E-state index contributed by atoms with van der Waals surface area (Å²) in [5.74, 6) is -1.80. The van der Waals surface area contributed by atoms with Crippen molar-refractivity contribution in [2.75, 3.05) is 13.7 Å². The Morgan fingerprint density at radius 3 is 1.91 bits per heavy atom. The van der Waals surface area contributed by atoms with E-state index in [4.69, 9.17) is 18.9 Å². The normalized spacial score (nSPS) is 17.6. The van der Waals surface area contributed by atoms with Crippen LogP contribution < -0.4 is 0 Å². The highest BCUT2D eigenvalue weighted by Crippen LogP contribution is 2.25. The molecule has 0 aliphatic carbocycles. The summed E-state index contributed by atoms with van der Waals surface area (Å²) in [5.41, 5.74) is -1.76. The van der Waals surface area contributed by atoms with Crippen molar-refractivity contribution in [2.45, 2.75) is 58.5 Å². The lowest BCUT2D eigenvalue weighted by molar-refractivity contribution is -0.212. The van der Waals surface area contributed by atoms with Crippen LogP contribution in [0.2, 0.25) is 0 Å². The van der Waals surface area contributed by atoms with Crippen molar-refractivity contribution in [3.63, 3.8) is 0 Å². The molecular formula is C14H24O8. The molecule has 1 N–H and O–H groups in total. The molecule has 0 bridgehead atoms. The molecule has 0 radical (unpaired) electrons. The number of carbonyl (C=O) groups is 3. The number of carbonyl (C=O) groups excluding carboxylic acids is 3. The highest BCUT2D eigenvalue weighted by molar-refractivity contribution is 5.67. The molecule has 0 fully saturated rings. The van der Waals surface area contributed by atoms with E-state index in [0.717, 1.165) is 6.92 Å². The fourth-order valence-corrected chi connectivity index (χ4v) is 2.04. The molecule has 0 aromatic rings. The molecule has 0 spiro atoms. The van der Waals surface area contributed by atoms with Gasteiger partial charge in [0.15, 0.2) is 6.10 Å². The summed E-state index contributed by atoms with van der Waals surface area (Å²) >= 11 is 0. The average molecular weight is 320 g/mol. The van der Waals surface area contributed by atoms with Crippen molar-refractivity contribution >= 4 is 17.9 Å². The predicted molar refractivity (Wildman–Crippen MR) is 74.8 cm³/mol. The van der Waals surface area contributed by atoms with Crippen molar-refractivity contribution in [3.8, 4) is 0 Å². The van der Waals surface area contributed by atoms with Crippen molar-refractivity contribution < 1.29 is 38.4 Å². The van der Waals surface area contributed by atoms with Gasteiger partial charge in [-0.25, -0.2) is 0 Å². The third kappa shape index (κ3) is 6.40. The summed E-state index contributed by atoms with van der Waals surface area (Å²) in [6, 6.07) is 0. The Bertz CT molecular complexity index is 404. The van der Waals surface area contributed by atoms with Crippen LogP contribution in [0.3, 0.4) is 0 Å². The van der Waals surface area contributed by atoms with Gasteiger partial charge in [0.2, 0.25) is 0 Å². The van der Waals surface area contributed by atoms with Crippen LogP contribution in [0.25, 0.3) is 0 Å². The molecule has 0 aliphatic rings. The van der Waals surface area contributed by atoms with Gasteiger partial charge in [-0.15, -0.1) is 0 Å². The van der Waals surface area contributed by atoms with E-state index < -0.39 is 41.8 Å². The zero-order valence-electron chi connectivity index (χ0n) is 13.7. The molecule has 4 atom stereocenters. The second-order valence-electron chi connectivity index (χ2n) is 5.10. The Morgan fingerprint density at radius 2 is 1.55 bits per heavy atom. The zero-order valence-corrected chi connectivity index (χ0v) is 13.7. The molecule has 0 amide bonds. The molecule has 0 saturated carbocycles.